The number of aliphatic hydroxyl groups is 1. The van der Waals surface area contributed by atoms with Gasteiger partial charge in [0.2, 0.25) is 0 Å². The van der Waals surface area contributed by atoms with Crippen LogP contribution in [0.1, 0.15) is 21.6 Å². The van der Waals surface area contributed by atoms with Crippen molar-refractivity contribution in [1.29, 1.82) is 0 Å². The Morgan fingerprint density at radius 3 is 2.86 bits per heavy atom. The minimum Gasteiger partial charge on any atom is -0.390 e. The zero-order valence-electron chi connectivity index (χ0n) is 16.7. The van der Waals surface area contributed by atoms with Crippen LogP contribution >= 0.6 is 0 Å². The van der Waals surface area contributed by atoms with Gasteiger partial charge in [0, 0.05) is 45.3 Å². The number of β-amino-alcohol motifs (C(OH)–C–C–N with tert-alkyl or cyclic N) is 1. The first-order valence-electron chi connectivity index (χ1n) is 10.1. The molecule has 2 aliphatic heterocycles. The second kappa shape index (κ2) is 8.86. The Kier molecular flexibility index (Phi) is 6.03. The number of anilines is 1. The summed E-state index contributed by atoms with van der Waals surface area (Å²) in [5.74, 6) is 0.347. The zero-order valence-corrected chi connectivity index (χ0v) is 16.7. The van der Waals surface area contributed by atoms with Crippen LogP contribution in [0, 0.1) is 0 Å². The van der Waals surface area contributed by atoms with Crippen LogP contribution < -0.4 is 10.6 Å². The molecule has 1 saturated heterocycles. The first-order chi connectivity index (χ1) is 14.1. The topological polar surface area (TPSA) is 93.6 Å². The standard InChI is InChI=1S/C21H28N6O2/c1-26-11-17(12-26)25-20-8-19(23-14-24-20)21(29)22-9-18(28)13-27-7-6-15-4-2-3-5-16(15)10-27/h2-5,8,14,17-18,28H,6-7,9-13H2,1H3,(H,22,29)(H,23,24,25)/t18-/m0/s1. The van der Waals surface area contributed by atoms with E-state index < -0.39 is 6.10 Å². The lowest BCUT2D eigenvalue weighted by atomic mass is 10.00. The SMILES string of the molecule is CN1CC(Nc2cc(C(=O)NC[C@H](O)CN3CCc4ccccc4C3)ncn2)C1. The Morgan fingerprint density at radius 1 is 1.28 bits per heavy atom. The van der Waals surface area contributed by atoms with Crippen molar-refractivity contribution in [2.24, 2.45) is 0 Å². The van der Waals surface area contributed by atoms with E-state index in [4.69, 9.17) is 0 Å². The number of nitrogens with zero attached hydrogens (tertiary/aromatic N) is 4. The van der Waals surface area contributed by atoms with Gasteiger partial charge in [-0.2, -0.15) is 0 Å². The first kappa shape index (κ1) is 19.8. The molecule has 3 N–H and O–H groups in total. The molecular formula is C21H28N6O2. The lowest BCUT2D eigenvalue weighted by Crippen LogP contribution is -2.52. The smallest absolute Gasteiger partial charge is 0.270 e. The molecule has 4 rings (SSSR count). The van der Waals surface area contributed by atoms with E-state index in [1.165, 1.54) is 17.5 Å². The molecule has 0 radical (unpaired) electrons. The van der Waals surface area contributed by atoms with Gasteiger partial charge < -0.3 is 20.6 Å². The Morgan fingerprint density at radius 2 is 2.07 bits per heavy atom. The molecule has 8 heteroatoms. The van der Waals surface area contributed by atoms with Crippen LogP contribution in [0.5, 0.6) is 0 Å². The second-order valence-corrected chi connectivity index (χ2v) is 7.97. The van der Waals surface area contributed by atoms with Crippen molar-refractivity contribution in [1.82, 2.24) is 25.1 Å². The van der Waals surface area contributed by atoms with Gasteiger partial charge in [-0.25, -0.2) is 9.97 Å². The molecule has 1 atom stereocenters. The predicted octanol–water partition coefficient (Wildman–Crippen LogP) is 0.352. The highest BCUT2D eigenvalue weighted by atomic mass is 16.3. The average Bonchev–Trinajstić information content (AvgIpc) is 2.71. The number of benzene rings is 1. The lowest BCUT2D eigenvalue weighted by molar-refractivity contribution is 0.0838. The Balaban J connectivity index is 1.24. The summed E-state index contributed by atoms with van der Waals surface area (Å²) in [6, 6.07) is 10.4. The van der Waals surface area contributed by atoms with Crippen LogP contribution in [0.4, 0.5) is 5.82 Å². The summed E-state index contributed by atoms with van der Waals surface area (Å²) >= 11 is 0. The highest BCUT2D eigenvalue weighted by Crippen LogP contribution is 2.18. The third kappa shape index (κ3) is 5.09. The van der Waals surface area contributed by atoms with Crippen molar-refractivity contribution in [3.63, 3.8) is 0 Å². The van der Waals surface area contributed by atoms with E-state index >= 15 is 0 Å². The van der Waals surface area contributed by atoms with Gasteiger partial charge in [0.15, 0.2) is 0 Å². The van der Waals surface area contributed by atoms with E-state index in [2.05, 4.69) is 55.6 Å². The zero-order chi connectivity index (χ0) is 20.2. The van der Waals surface area contributed by atoms with Crippen molar-refractivity contribution >= 4 is 11.7 Å². The van der Waals surface area contributed by atoms with E-state index in [1.54, 1.807) is 6.07 Å². The Hall–Kier alpha value is -2.55. The van der Waals surface area contributed by atoms with Gasteiger partial charge in [0.05, 0.1) is 12.1 Å². The maximum atomic E-state index is 12.4. The number of carbonyl (C=O) groups is 1. The summed E-state index contributed by atoms with van der Waals surface area (Å²) in [4.78, 5) is 25.1. The number of fused-ring (bicyclic) bond motifs is 1. The molecule has 3 heterocycles. The van der Waals surface area contributed by atoms with Crippen molar-refractivity contribution < 1.29 is 9.90 Å². The molecule has 0 bridgehead atoms. The molecule has 1 aromatic carbocycles. The number of aromatic nitrogens is 2. The summed E-state index contributed by atoms with van der Waals surface area (Å²) in [5.41, 5.74) is 3.00. The summed E-state index contributed by atoms with van der Waals surface area (Å²) in [6.07, 6.45) is 1.75. The lowest BCUT2D eigenvalue weighted by Gasteiger charge is -2.36. The summed E-state index contributed by atoms with van der Waals surface area (Å²) in [6.45, 7) is 4.38. The minimum absolute atomic E-state index is 0.192. The van der Waals surface area contributed by atoms with Crippen molar-refractivity contribution in [2.45, 2.75) is 25.1 Å². The molecule has 1 aromatic heterocycles. The second-order valence-electron chi connectivity index (χ2n) is 7.97. The van der Waals surface area contributed by atoms with E-state index in [-0.39, 0.29) is 12.5 Å². The number of aliphatic hydroxyl groups excluding tert-OH is 1. The molecule has 2 aromatic rings. The summed E-state index contributed by atoms with van der Waals surface area (Å²) in [7, 11) is 2.06. The van der Waals surface area contributed by atoms with Crippen LogP contribution in [0.15, 0.2) is 36.7 Å². The molecule has 1 amide bonds. The average molecular weight is 396 g/mol. The molecule has 0 aliphatic carbocycles. The monoisotopic (exact) mass is 396 g/mol. The third-order valence-electron chi connectivity index (χ3n) is 5.49. The number of hydrogen-bond donors (Lipinski definition) is 3. The van der Waals surface area contributed by atoms with Gasteiger partial charge in [0.25, 0.3) is 5.91 Å². The number of likely N-dealkylation sites (N-methyl/N-ethyl adjacent to an activating group) is 1. The van der Waals surface area contributed by atoms with Crippen LogP contribution in [-0.2, 0) is 13.0 Å². The highest BCUT2D eigenvalue weighted by Gasteiger charge is 2.23. The van der Waals surface area contributed by atoms with E-state index in [0.29, 0.717) is 24.1 Å². The van der Waals surface area contributed by atoms with Gasteiger partial charge in [-0.05, 0) is 24.6 Å². The highest BCUT2D eigenvalue weighted by molar-refractivity contribution is 5.92. The van der Waals surface area contributed by atoms with Crippen LogP contribution in [0.25, 0.3) is 0 Å². The molecule has 0 spiro atoms. The fourth-order valence-corrected chi connectivity index (χ4v) is 3.93. The maximum absolute atomic E-state index is 12.4. The number of likely N-dealkylation sites (tertiary alicyclic amines) is 1. The summed E-state index contributed by atoms with van der Waals surface area (Å²) in [5, 5.41) is 16.5. The van der Waals surface area contributed by atoms with E-state index in [9.17, 15) is 9.90 Å². The van der Waals surface area contributed by atoms with E-state index in [1.807, 2.05) is 6.07 Å². The van der Waals surface area contributed by atoms with Crippen molar-refractivity contribution in [3.8, 4) is 0 Å². The Labute approximate surface area is 171 Å². The van der Waals surface area contributed by atoms with E-state index in [0.717, 1.165) is 32.6 Å². The van der Waals surface area contributed by atoms with Crippen LogP contribution in [0.2, 0.25) is 0 Å². The normalized spacial score (nSPS) is 18.6. The quantitative estimate of drug-likeness (QED) is 0.622. The molecule has 29 heavy (non-hydrogen) atoms. The molecular weight excluding hydrogens is 368 g/mol. The molecule has 0 unspecified atom stereocenters. The van der Waals surface area contributed by atoms with Crippen LogP contribution in [0.3, 0.4) is 0 Å². The van der Waals surface area contributed by atoms with Crippen LogP contribution in [-0.4, -0.2) is 82.7 Å². The molecule has 2 aliphatic rings. The Bertz CT molecular complexity index is 855. The van der Waals surface area contributed by atoms with Gasteiger partial charge in [-0.3, -0.25) is 9.69 Å². The van der Waals surface area contributed by atoms with Crippen molar-refractivity contribution in [3.05, 3.63) is 53.5 Å². The fraction of sp³-hybridized carbons (Fsp3) is 0.476. The molecule has 154 valence electrons. The predicted molar refractivity (Wildman–Crippen MR) is 111 cm³/mol. The largest absolute Gasteiger partial charge is 0.390 e. The maximum Gasteiger partial charge on any atom is 0.270 e. The fourth-order valence-electron chi connectivity index (χ4n) is 3.93. The first-order valence-corrected chi connectivity index (χ1v) is 10.1. The third-order valence-corrected chi connectivity index (χ3v) is 5.49. The van der Waals surface area contributed by atoms with Gasteiger partial charge >= 0.3 is 0 Å². The number of hydrogen-bond acceptors (Lipinski definition) is 7. The van der Waals surface area contributed by atoms with Crippen molar-refractivity contribution in [2.75, 3.05) is 45.1 Å². The van der Waals surface area contributed by atoms with Gasteiger partial charge in [0.1, 0.15) is 17.8 Å². The summed E-state index contributed by atoms with van der Waals surface area (Å²) < 4.78 is 0. The molecule has 1 fully saturated rings. The molecule has 0 saturated carbocycles. The number of carbonyl (C=O) groups excluding carboxylic acids is 1. The van der Waals surface area contributed by atoms with Gasteiger partial charge in [-0.15, -0.1) is 0 Å². The molecule has 8 nitrogen and oxygen atoms in total. The minimum atomic E-state index is -0.630. The number of rotatable bonds is 7. The number of nitrogens with one attached hydrogen (secondary N) is 2. The number of amides is 1. The van der Waals surface area contributed by atoms with Gasteiger partial charge in [-0.1, -0.05) is 24.3 Å².